The summed E-state index contributed by atoms with van der Waals surface area (Å²) in [5.74, 6) is 0. The fourth-order valence-corrected chi connectivity index (χ4v) is 2.92. The van der Waals surface area contributed by atoms with Gasteiger partial charge in [-0.15, -0.1) is 0 Å². The highest BCUT2D eigenvalue weighted by molar-refractivity contribution is 5.78. The first kappa shape index (κ1) is 15.9. The van der Waals surface area contributed by atoms with Crippen LogP contribution < -0.4 is 5.32 Å². The van der Waals surface area contributed by atoms with E-state index in [1.54, 1.807) is 9.80 Å². The van der Waals surface area contributed by atoms with Gasteiger partial charge in [0.15, 0.2) is 0 Å². The third-order valence-corrected chi connectivity index (χ3v) is 3.91. The van der Waals surface area contributed by atoms with E-state index >= 15 is 0 Å². The third-order valence-electron chi connectivity index (χ3n) is 3.91. The Morgan fingerprint density at radius 1 is 1.48 bits per heavy atom. The molecule has 0 aromatic rings. The maximum atomic E-state index is 12.1. The lowest BCUT2D eigenvalue weighted by Gasteiger charge is -2.33. The van der Waals surface area contributed by atoms with Gasteiger partial charge in [-0.25, -0.2) is 9.59 Å². The van der Waals surface area contributed by atoms with Gasteiger partial charge in [-0.05, 0) is 33.6 Å². The predicted molar refractivity (Wildman–Crippen MR) is 77.0 cm³/mol. The first-order chi connectivity index (χ1) is 9.77. The molecule has 2 fully saturated rings. The van der Waals surface area contributed by atoms with Crippen LogP contribution in [0.25, 0.3) is 0 Å². The number of hydrogen-bond acceptors (Lipinski definition) is 4. The van der Waals surface area contributed by atoms with Gasteiger partial charge in [0.25, 0.3) is 0 Å². The van der Waals surface area contributed by atoms with E-state index in [1.807, 2.05) is 20.8 Å². The second-order valence-corrected chi connectivity index (χ2v) is 6.76. The Labute approximate surface area is 125 Å². The van der Waals surface area contributed by atoms with Crippen LogP contribution in [0.2, 0.25) is 0 Å². The second kappa shape index (κ2) is 5.71. The summed E-state index contributed by atoms with van der Waals surface area (Å²) in [6.07, 6.45) is 0.943. The number of carbonyl (C=O) groups excluding carboxylic acids is 2. The maximum Gasteiger partial charge on any atom is 0.410 e. The number of carbonyl (C=O) groups is 2. The Morgan fingerprint density at radius 3 is 2.81 bits per heavy atom. The van der Waals surface area contributed by atoms with Crippen LogP contribution in [-0.2, 0) is 4.74 Å². The van der Waals surface area contributed by atoms with Gasteiger partial charge in [-0.1, -0.05) is 0 Å². The van der Waals surface area contributed by atoms with Crippen molar-refractivity contribution < 1.29 is 19.4 Å². The van der Waals surface area contributed by atoms with E-state index in [2.05, 4.69) is 5.32 Å². The van der Waals surface area contributed by atoms with Gasteiger partial charge in [0.2, 0.25) is 0 Å². The predicted octanol–water partition coefficient (Wildman–Crippen LogP) is 0.774. The summed E-state index contributed by atoms with van der Waals surface area (Å²) in [5, 5.41) is 11.8. The molecule has 0 aromatic carbocycles. The molecule has 0 bridgehead atoms. The average Bonchev–Trinajstić information content (AvgIpc) is 2.92. The third kappa shape index (κ3) is 3.40. The summed E-state index contributed by atoms with van der Waals surface area (Å²) in [7, 11) is 0. The quantitative estimate of drug-likeness (QED) is 0.806. The van der Waals surface area contributed by atoms with Crippen LogP contribution in [0.15, 0.2) is 0 Å². The number of likely N-dealkylation sites (tertiary alicyclic amines) is 1. The fraction of sp³-hybridized carbons (Fsp3) is 0.857. The van der Waals surface area contributed by atoms with Crippen molar-refractivity contribution in [2.45, 2.75) is 44.8 Å². The van der Waals surface area contributed by atoms with E-state index in [1.165, 1.54) is 0 Å². The standard InChI is InChI=1S/C14H25N3O4/c1-13(2,3)21-12(20)16-7-5-14(10-16)9-15-11(19)17(14)6-4-8-18/h18H,4-10H2,1-3H3,(H,15,19). The first-order valence-electron chi connectivity index (χ1n) is 7.42. The Morgan fingerprint density at radius 2 is 2.19 bits per heavy atom. The van der Waals surface area contributed by atoms with Gasteiger partial charge in [-0.2, -0.15) is 0 Å². The van der Waals surface area contributed by atoms with Crippen molar-refractivity contribution in [3.63, 3.8) is 0 Å². The SMILES string of the molecule is CC(C)(C)OC(=O)N1CCC2(CNC(=O)N2CCCO)C1. The minimum absolute atomic E-state index is 0.0512. The average molecular weight is 299 g/mol. The zero-order valence-corrected chi connectivity index (χ0v) is 13.0. The monoisotopic (exact) mass is 299 g/mol. The maximum absolute atomic E-state index is 12.1. The van der Waals surface area contributed by atoms with E-state index in [0.717, 1.165) is 6.42 Å². The molecule has 0 aromatic heterocycles. The number of hydrogen-bond donors (Lipinski definition) is 2. The topological polar surface area (TPSA) is 82.1 Å². The van der Waals surface area contributed by atoms with E-state index in [4.69, 9.17) is 9.84 Å². The normalized spacial score (nSPS) is 25.6. The molecular weight excluding hydrogens is 274 g/mol. The van der Waals surface area contributed by atoms with Crippen LogP contribution in [0.3, 0.4) is 0 Å². The molecule has 1 atom stereocenters. The number of aliphatic hydroxyl groups is 1. The number of ether oxygens (including phenoxy) is 1. The molecule has 21 heavy (non-hydrogen) atoms. The van der Waals surface area contributed by atoms with Crippen molar-refractivity contribution in [3.8, 4) is 0 Å². The molecule has 0 aliphatic carbocycles. The Balaban J connectivity index is 2.02. The first-order valence-corrected chi connectivity index (χ1v) is 7.42. The zero-order valence-electron chi connectivity index (χ0n) is 13.0. The summed E-state index contributed by atoms with van der Waals surface area (Å²) in [6.45, 7) is 7.67. The van der Waals surface area contributed by atoms with Crippen LogP contribution in [0.4, 0.5) is 9.59 Å². The van der Waals surface area contributed by atoms with Crippen molar-refractivity contribution in [1.29, 1.82) is 0 Å². The molecule has 2 heterocycles. The highest BCUT2D eigenvalue weighted by atomic mass is 16.6. The number of rotatable bonds is 3. The molecular formula is C14H25N3O4. The Bertz CT molecular complexity index is 421. The van der Waals surface area contributed by atoms with Gasteiger partial charge in [0.1, 0.15) is 5.60 Å². The minimum atomic E-state index is -0.521. The van der Waals surface area contributed by atoms with Gasteiger partial charge in [0, 0.05) is 32.8 Å². The van der Waals surface area contributed by atoms with Crippen molar-refractivity contribution in [2.24, 2.45) is 0 Å². The van der Waals surface area contributed by atoms with Gasteiger partial charge in [0.05, 0.1) is 5.54 Å². The molecule has 0 radical (unpaired) electrons. The lowest BCUT2D eigenvalue weighted by Crippen LogP contribution is -2.50. The molecule has 7 nitrogen and oxygen atoms in total. The van der Waals surface area contributed by atoms with Crippen molar-refractivity contribution in [2.75, 3.05) is 32.8 Å². The van der Waals surface area contributed by atoms with Crippen LogP contribution in [0, 0.1) is 0 Å². The minimum Gasteiger partial charge on any atom is -0.444 e. The number of nitrogens with zero attached hydrogens (tertiary/aromatic N) is 2. The van der Waals surface area contributed by atoms with Gasteiger partial charge < -0.3 is 25.0 Å². The molecule has 2 aliphatic rings. The Kier molecular flexibility index (Phi) is 4.32. The molecule has 120 valence electrons. The lowest BCUT2D eigenvalue weighted by molar-refractivity contribution is 0.0266. The molecule has 2 N–H and O–H groups in total. The second-order valence-electron chi connectivity index (χ2n) is 6.76. The molecule has 1 unspecified atom stereocenters. The van der Waals surface area contributed by atoms with Crippen molar-refractivity contribution in [3.05, 3.63) is 0 Å². The van der Waals surface area contributed by atoms with Crippen LogP contribution >= 0.6 is 0 Å². The zero-order chi connectivity index (χ0) is 15.7. The van der Waals surface area contributed by atoms with Crippen LogP contribution in [-0.4, -0.2) is 71.0 Å². The Hall–Kier alpha value is -1.50. The number of urea groups is 1. The van der Waals surface area contributed by atoms with Crippen molar-refractivity contribution in [1.82, 2.24) is 15.1 Å². The number of nitrogens with one attached hydrogen (secondary N) is 1. The molecule has 2 aliphatic heterocycles. The summed E-state index contributed by atoms with van der Waals surface area (Å²) in [5.41, 5.74) is -0.879. The summed E-state index contributed by atoms with van der Waals surface area (Å²) >= 11 is 0. The summed E-state index contributed by atoms with van der Waals surface area (Å²) < 4.78 is 5.39. The molecule has 2 saturated heterocycles. The van der Waals surface area contributed by atoms with Crippen molar-refractivity contribution >= 4 is 12.1 Å². The molecule has 0 saturated carbocycles. The number of amides is 3. The molecule has 2 rings (SSSR count). The lowest BCUT2D eigenvalue weighted by atomic mass is 9.98. The van der Waals surface area contributed by atoms with E-state index in [0.29, 0.717) is 32.6 Å². The molecule has 7 heteroatoms. The largest absolute Gasteiger partial charge is 0.444 e. The van der Waals surface area contributed by atoms with E-state index in [9.17, 15) is 9.59 Å². The van der Waals surface area contributed by atoms with Gasteiger partial charge >= 0.3 is 12.1 Å². The van der Waals surface area contributed by atoms with Crippen LogP contribution in [0.1, 0.15) is 33.6 Å². The van der Waals surface area contributed by atoms with Crippen LogP contribution in [0.5, 0.6) is 0 Å². The van der Waals surface area contributed by atoms with Gasteiger partial charge in [-0.3, -0.25) is 0 Å². The highest BCUT2D eigenvalue weighted by Gasteiger charge is 2.50. The number of aliphatic hydroxyl groups excluding tert-OH is 1. The van der Waals surface area contributed by atoms with E-state index < -0.39 is 5.60 Å². The highest BCUT2D eigenvalue weighted by Crippen LogP contribution is 2.32. The molecule has 3 amide bonds. The smallest absolute Gasteiger partial charge is 0.410 e. The summed E-state index contributed by atoms with van der Waals surface area (Å²) in [4.78, 5) is 27.5. The molecule has 1 spiro atoms. The summed E-state index contributed by atoms with van der Waals surface area (Å²) in [6, 6.07) is -0.116. The fourth-order valence-electron chi connectivity index (χ4n) is 2.92. The van der Waals surface area contributed by atoms with E-state index in [-0.39, 0.29) is 24.3 Å².